The summed E-state index contributed by atoms with van der Waals surface area (Å²) in [5.41, 5.74) is 0. The van der Waals surface area contributed by atoms with Gasteiger partial charge in [0.15, 0.2) is 0 Å². The summed E-state index contributed by atoms with van der Waals surface area (Å²) in [6.07, 6.45) is 6.99. The van der Waals surface area contributed by atoms with Crippen LogP contribution in [-0.4, -0.2) is 14.4 Å². The predicted molar refractivity (Wildman–Crippen MR) is 66.2 cm³/mol. The Balaban J connectivity index is 4.55. The maximum absolute atomic E-state index is 10.8. The fourth-order valence-electron chi connectivity index (χ4n) is 1.71. The highest BCUT2D eigenvalue weighted by atomic mass is 28.3. The van der Waals surface area contributed by atoms with Crippen LogP contribution in [0.25, 0.3) is 0 Å². The molecule has 0 aliphatic heterocycles. The average molecular weight is 212 g/mol. The lowest BCUT2D eigenvalue weighted by atomic mass is 10.1. The molecule has 0 aromatic heterocycles. The zero-order valence-electron chi connectivity index (χ0n) is 10.3. The zero-order valence-corrected chi connectivity index (χ0v) is 11.3. The lowest BCUT2D eigenvalue weighted by Crippen LogP contribution is -2.28. The Kier molecular flexibility index (Phi) is 6.01. The van der Waals surface area contributed by atoms with Crippen molar-refractivity contribution < 1.29 is 4.79 Å². The second kappa shape index (κ2) is 6.17. The second-order valence-corrected chi connectivity index (χ2v) is 10.1. The van der Waals surface area contributed by atoms with Crippen molar-refractivity contribution in [3.8, 4) is 0 Å². The topological polar surface area (TPSA) is 17.1 Å². The molecule has 1 nitrogen and oxygen atoms in total. The van der Waals surface area contributed by atoms with Gasteiger partial charge in [-0.3, -0.25) is 0 Å². The van der Waals surface area contributed by atoms with Crippen LogP contribution in [0.2, 0.25) is 19.6 Å². The number of unbranched alkanes of at least 4 members (excludes halogenated alkanes) is 2. The highest BCUT2D eigenvalue weighted by Gasteiger charge is 2.23. The summed E-state index contributed by atoms with van der Waals surface area (Å²) >= 11 is 0. The van der Waals surface area contributed by atoms with Crippen LogP contribution in [0.5, 0.6) is 0 Å². The van der Waals surface area contributed by atoms with Gasteiger partial charge in [-0.1, -0.05) is 57.6 Å². The maximum atomic E-state index is 10.8. The Labute approximate surface area is 89.6 Å². The van der Waals surface area contributed by atoms with E-state index in [9.17, 15) is 4.79 Å². The van der Waals surface area contributed by atoms with E-state index in [1.54, 1.807) is 0 Å². The number of carbonyl (C=O) groups excluding carboxylic acids is 1. The second-order valence-electron chi connectivity index (χ2n) is 4.98. The highest BCUT2D eigenvalue weighted by Crippen LogP contribution is 2.22. The molecule has 0 N–H and O–H groups in total. The number of allylic oxidation sites excluding steroid dienone is 2. The summed E-state index contributed by atoms with van der Waals surface area (Å²) in [6, 6.07) is 0. The third kappa shape index (κ3) is 4.75. The van der Waals surface area contributed by atoms with Crippen molar-refractivity contribution in [1.82, 2.24) is 0 Å². The Bertz CT molecular complexity index is 201. The number of rotatable bonds is 6. The van der Waals surface area contributed by atoms with E-state index in [1.807, 2.05) is 6.92 Å². The quantitative estimate of drug-likeness (QED) is 0.372. The van der Waals surface area contributed by atoms with E-state index in [0.717, 1.165) is 12.7 Å². The Morgan fingerprint density at radius 1 is 1.36 bits per heavy atom. The maximum Gasteiger partial charge on any atom is 0.126 e. The van der Waals surface area contributed by atoms with Gasteiger partial charge in [-0.25, -0.2) is 0 Å². The first-order valence-electron chi connectivity index (χ1n) is 5.59. The van der Waals surface area contributed by atoms with Crippen LogP contribution in [-0.2, 0) is 4.79 Å². The summed E-state index contributed by atoms with van der Waals surface area (Å²) in [5, 5.41) is 1.42. The molecular formula is C12H24OSi. The van der Waals surface area contributed by atoms with E-state index in [-0.39, 0.29) is 5.92 Å². The van der Waals surface area contributed by atoms with Gasteiger partial charge in [0.1, 0.15) is 6.29 Å². The molecule has 0 fully saturated rings. The summed E-state index contributed by atoms with van der Waals surface area (Å²) in [6.45, 7) is 11.1. The van der Waals surface area contributed by atoms with Gasteiger partial charge in [0, 0.05) is 5.92 Å². The lowest BCUT2D eigenvalue weighted by molar-refractivity contribution is -0.109. The van der Waals surface area contributed by atoms with Gasteiger partial charge in [-0.2, -0.15) is 0 Å². The van der Waals surface area contributed by atoms with Gasteiger partial charge < -0.3 is 4.79 Å². The fraction of sp³-hybridized carbons (Fsp3) is 0.750. The zero-order chi connectivity index (χ0) is 11.2. The molecule has 1 atom stereocenters. The molecule has 14 heavy (non-hydrogen) atoms. The molecule has 0 spiro atoms. The number of aldehydes is 1. The molecule has 0 amide bonds. The molecule has 1 unspecified atom stereocenters. The third-order valence-corrected chi connectivity index (χ3v) is 4.87. The minimum atomic E-state index is -1.29. The van der Waals surface area contributed by atoms with E-state index in [2.05, 4.69) is 32.6 Å². The molecule has 0 aliphatic carbocycles. The molecule has 0 heterocycles. The van der Waals surface area contributed by atoms with Crippen LogP contribution in [0, 0.1) is 5.92 Å². The molecule has 0 saturated carbocycles. The molecule has 0 radical (unpaired) electrons. The van der Waals surface area contributed by atoms with Crippen molar-refractivity contribution in [3.05, 3.63) is 11.3 Å². The third-order valence-electron chi connectivity index (χ3n) is 2.48. The first kappa shape index (κ1) is 13.6. The van der Waals surface area contributed by atoms with Crippen molar-refractivity contribution in [1.29, 1.82) is 0 Å². The van der Waals surface area contributed by atoms with Gasteiger partial charge in [0.05, 0.1) is 8.07 Å². The minimum absolute atomic E-state index is 0.124. The molecule has 2 heteroatoms. The summed E-state index contributed by atoms with van der Waals surface area (Å²) in [7, 11) is -1.29. The van der Waals surface area contributed by atoms with Crippen molar-refractivity contribution in [2.45, 2.75) is 52.8 Å². The van der Waals surface area contributed by atoms with Gasteiger partial charge >= 0.3 is 0 Å². The van der Waals surface area contributed by atoms with Gasteiger partial charge in [-0.15, -0.1) is 0 Å². The minimum Gasteiger partial charge on any atom is -0.303 e. The highest BCUT2D eigenvalue weighted by molar-refractivity contribution is 6.83. The Morgan fingerprint density at radius 2 is 1.93 bits per heavy atom. The average Bonchev–Trinajstić information content (AvgIpc) is 2.09. The molecule has 0 aromatic carbocycles. The SMILES string of the molecule is CCCCC=C(C(C)C=O)[Si](C)(C)C. The first-order chi connectivity index (χ1) is 6.43. The van der Waals surface area contributed by atoms with Crippen LogP contribution in [0.15, 0.2) is 11.3 Å². The molecule has 0 bridgehead atoms. The van der Waals surface area contributed by atoms with Gasteiger partial charge in [0.25, 0.3) is 0 Å². The lowest BCUT2D eigenvalue weighted by Gasteiger charge is -2.23. The van der Waals surface area contributed by atoms with E-state index >= 15 is 0 Å². The molecular weight excluding hydrogens is 188 g/mol. The standard InChI is InChI=1S/C12H24OSi/c1-6-7-8-9-12(11(2)10-13)14(3,4)5/h9-11H,6-8H2,1-5H3. The van der Waals surface area contributed by atoms with E-state index in [0.29, 0.717) is 0 Å². The van der Waals surface area contributed by atoms with Crippen LogP contribution in [0.1, 0.15) is 33.1 Å². The summed E-state index contributed by atoms with van der Waals surface area (Å²) in [5.74, 6) is 0.124. The molecule has 82 valence electrons. The van der Waals surface area contributed by atoms with Crippen LogP contribution in [0.3, 0.4) is 0 Å². The van der Waals surface area contributed by atoms with Gasteiger partial charge in [-0.05, 0) is 6.42 Å². The molecule has 0 saturated heterocycles. The van der Waals surface area contributed by atoms with Crippen molar-refractivity contribution >= 4 is 14.4 Å². The summed E-state index contributed by atoms with van der Waals surface area (Å²) in [4.78, 5) is 10.8. The van der Waals surface area contributed by atoms with Gasteiger partial charge in [0.2, 0.25) is 0 Å². The normalized spacial score (nSPS) is 15.4. The molecule has 0 aromatic rings. The van der Waals surface area contributed by atoms with E-state index in [4.69, 9.17) is 0 Å². The fourth-order valence-corrected chi connectivity index (χ4v) is 3.90. The molecule has 0 aliphatic rings. The monoisotopic (exact) mass is 212 g/mol. The number of carbonyl (C=O) groups is 1. The first-order valence-corrected chi connectivity index (χ1v) is 9.09. The Morgan fingerprint density at radius 3 is 2.29 bits per heavy atom. The van der Waals surface area contributed by atoms with Crippen LogP contribution >= 0.6 is 0 Å². The number of hydrogen-bond acceptors (Lipinski definition) is 1. The van der Waals surface area contributed by atoms with Crippen LogP contribution in [0.4, 0.5) is 0 Å². The Hall–Kier alpha value is -0.373. The van der Waals surface area contributed by atoms with Crippen molar-refractivity contribution in [2.24, 2.45) is 5.92 Å². The van der Waals surface area contributed by atoms with E-state index < -0.39 is 8.07 Å². The van der Waals surface area contributed by atoms with E-state index in [1.165, 1.54) is 18.0 Å². The van der Waals surface area contributed by atoms with Crippen molar-refractivity contribution in [2.75, 3.05) is 0 Å². The predicted octanol–water partition coefficient (Wildman–Crippen LogP) is 3.82. The van der Waals surface area contributed by atoms with Crippen LogP contribution < -0.4 is 0 Å². The largest absolute Gasteiger partial charge is 0.303 e. The smallest absolute Gasteiger partial charge is 0.126 e. The number of hydrogen-bond donors (Lipinski definition) is 0. The van der Waals surface area contributed by atoms with Crippen molar-refractivity contribution in [3.63, 3.8) is 0 Å². The summed E-state index contributed by atoms with van der Waals surface area (Å²) < 4.78 is 0. The molecule has 0 rings (SSSR count).